The maximum Gasteiger partial charge on any atom is 0.126 e. The fraction of sp³-hybridized carbons (Fsp3) is 0.462. The molecule has 14 heavy (non-hydrogen) atoms. The second kappa shape index (κ2) is 5.04. The minimum atomic E-state index is 0.733. The van der Waals surface area contributed by atoms with Crippen molar-refractivity contribution in [3.63, 3.8) is 0 Å². The third kappa shape index (κ3) is 2.28. The van der Waals surface area contributed by atoms with E-state index in [4.69, 9.17) is 4.74 Å². The number of hydrogen-bond donors (Lipinski definition) is 0. The molecule has 0 spiro atoms. The lowest BCUT2D eigenvalue weighted by Crippen LogP contribution is -2.02. The van der Waals surface area contributed by atoms with E-state index in [0.717, 1.165) is 18.8 Å². The van der Waals surface area contributed by atoms with Crippen molar-refractivity contribution in [3.05, 3.63) is 35.2 Å². The zero-order chi connectivity index (χ0) is 10.6. The molecule has 1 aromatic carbocycles. The summed E-state index contributed by atoms with van der Waals surface area (Å²) >= 11 is 0. The van der Waals surface area contributed by atoms with Crippen LogP contribution in [0, 0.1) is 5.92 Å². The van der Waals surface area contributed by atoms with Gasteiger partial charge >= 0.3 is 0 Å². The van der Waals surface area contributed by atoms with Crippen molar-refractivity contribution < 1.29 is 4.74 Å². The van der Waals surface area contributed by atoms with Crippen molar-refractivity contribution >= 4 is 0 Å². The number of aryl methyl sites for hydroxylation is 1. The van der Waals surface area contributed by atoms with Gasteiger partial charge in [0.25, 0.3) is 0 Å². The van der Waals surface area contributed by atoms with Crippen LogP contribution in [0.5, 0.6) is 5.75 Å². The molecule has 1 nitrogen and oxygen atoms in total. The Morgan fingerprint density at radius 1 is 1.21 bits per heavy atom. The lowest BCUT2D eigenvalue weighted by atomic mass is 9.98. The van der Waals surface area contributed by atoms with Gasteiger partial charge in [0.15, 0.2) is 0 Å². The Labute approximate surface area is 87.1 Å². The molecule has 0 N–H and O–H groups in total. The van der Waals surface area contributed by atoms with E-state index in [1.807, 2.05) is 6.92 Å². The molecule has 0 aliphatic carbocycles. The predicted molar refractivity (Wildman–Crippen MR) is 60.7 cm³/mol. The van der Waals surface area contributed by atoms with E-state index in [2.05, 4.69) is 39.0 Å². The molecule has 0 saturated heterocycles. The van der Waals surface area contributed by atoms with Crippen LogP contribution in [0.25, 0.3) is 0 Å². The van der Waals surface area contributed by atoms with Gasteiger partial charge in [-0.05, 0) is 18.9 Å². The maximum atomic E-state index is 5.70. The van der Waals surface area contributed by atoms with Gasteiger partial charge < -0.3 is 4.74 Å². The van der Waals surface area contributed by atoms with Crippen LogP contribution in [0.4, 0.5) is 0 Å². The van der Waals surface area contributed by atoms with E-state index in [1.165, 1.54) is 17.0 Å². The van der Waals surface area contributed by atoms with E-state index >= 15 is 0 Å². The molecular weight excluding hydrogens is 172 g/mol. The van der Waals surface area contributed by atoms with Gasteiger partial charge in [0.1, 0.15) is 5.75 Å². The topological polar surface area (TPSA) is 9.23 Å². The highest BCUT2D eigenvalue weighted by atomic mass is 16.5. The van der Waals surface area contributed by atoms with Gasteiger partial charge in [0.2, 0.25) is 0 Å². The Morgan fingerprint density at radius 2 is 1.93 bits per heavy atom. The summed E-state index contributed by atoms with van der Waals surface area (Å²) < 4.78 is 5.70. The maximum absolute atomic E-state index is 5.70. The molecule has 0 fully saturated rings. The van der Waals surface area contributed by atoms with Crippen molar-refractivity contribution in [1.82, 2.24) is 0 Å². The first-order valence-electron chi connectivity index (χ1n) is 5.25. The summed E-state index contributed by atoms with van der Waals surface area (Å²) in [6, 6.07) is 6.36. The Hall–Kier alpha value is -0.980. The number of para-hydroxylation sites is 1. The molecule has 1 radical (unpaired) electrons. The van der Waals surface area contributed by atoms with Gasteiger partial charge in [-0.15, -0.1) is 0 Å². The fourth-order valence-corrected chi connectivity index (χ4v) is 1.57. The van der Waals surface area contributed by atoms with Gasteiger partial charge in [-0.25, -0.2) is 0 Å². The molecule has 0 aliphatic heterocycles. The summed E-state index contributed by atoms with van der Waals surface area (Å²) in [6.45, 7) is 9.17. The summed E-state index contributed by atoms with van der Waals surface area (Å²) in [7, 11) is 0. The predicted octanol–water partition coefficient (Wildman–Crippen LogP) is 3.61. The third-order valence-electron chi connectivity index (χ3n) is 2.30. The van der Waals surface area contributed by atoms with E-state index in [0.29, 0.717) is 0 Å². The van der Waals surface area contributed by atoms with Gasteiger partial charge in [0.05, 0.1) is 6.61 Å². The Bertz CT molecular complexity index is 289. The molecular formula is C13H19O. The Balaban J connectivity index is 3.13. The highest BCUT2D eigenvalue weighted by Gasteiger charge is 2.10. The molecule has 0 aliphatic rings. The summed E-state index contributed by atoms with van der Waals surface area (Å²) in [5.74, 6) is 2.38. The van der Waals surface area contributed by atoms with Crippen LogP contribution in [-0.4, -0.2) is 6.61 Å². The van der Waals surface area contributed by atoms with E-state index in [-0.39, 0.29) is 0 Å². The highest BCUT2D eigenvalue weighted by molar-refractivity contribution is 5.47. The number of hydrogen-bond acceptors (Lipinski definition) is 1. The zero-order valence-electron chi connectivity index (χ0n) is 9.55. The van der Waals surface area contributed by atoms with Crippen molar-refractivity contribution in [1.29, 1.82) is 0 Å². The smallest absolute Gasteiger partial charge is 0.126 e. The average Bonchev–Trinajstić information content (AvgIpc) is 2.18. The SMILES string of the molecule is CCOc1c(CC)cccc1[C](C)C. The molecule has 0 saturated carbocycles. The van der Waals surface area contributed by atoms with E-state index in [1.54, 1.807) is 0 Å². The minimum absolute atomic E-state index is 0.733. The normalized spacial score (nSPS) is 10.6. The second-order valence-corrected chi connectivity index (χ2v) is 3.58. The third-order valence-corrected chi connectivity index (χ3v) is 2.30. The van der Waals surface area contributed by atoms with Crippen molar-refractivity contribution in [2.24, 2.45) is 0 Å². The van der Waals surface area contributed by atoms with Crippen molar-refractivity contribution in [3.8, 4) is 5.75 Å². The molecule has 0 amide bonds. The molecule has 1 heteroatoms. The average molecular weight is 191 g/mol. The van der Waals surface area contributed by atoms with Gasteiger partial charge in [0, 0.05) is 11.5 Å². The zero-order valence-corrected chi connectivity index (χ0v) is 9.55. The standard InChI is InChI=1S/C13H19O/c1-5-11-8-7-9-12(10(3)4)13(11)14-6-2/h7-9H,5-6H2,1-4H3. The van der Waals surface area contributed by atoms with Gasteiger partial charge in [-0.2, -0.15) is 0 Å². The van der Waals surface area contributed by atoms with E-state index < -0.39 is 0 Å². The van der Waals surface area contributed by atoms with Crippen molar-refractivity contribution in [2.75, 3.05) is 6.61 Å². The minimum Gasteiger partial charge on any atom is -0.493 e. The quantitative estimate of drug-likeness (QED) is 0.706. The largest absolute Gasteiger partial charge is 0.493 e. The van der Waals surface area contributed by atoms with Gasteiger partial charge in [-0.3, -0.25) is 0 Å². The van der Waals surface area contributed by atoms with Crippen LogP contribution >= 0.6 is 0 Å². The molecule has 0 unspecified atom stereocenters. The van der Waals surface area contributed by atoms with Crippen LogP contribution < -0.4 is 4.74 Å². The second-order valence-electron chi connectivity index (χ2n) is 3.58. The molecule has 0 atom stereocenters. The highest BCUT2D eigenvalue weighted by Crippen LogP contribution is 2.29. The first kappa shape index (κ1) is 11.1. The van der Waals surface area contributed by atoms with Crippen LogP contribution in [0.1, 0.15) is 38.8 Å². The molecule has 0 bridgehead atoms. The van der Waals surface area contributed by atoms with Crippen LogP contribution in [0.2, 0.25) is 0 Å². The lowest BCUT2D eigenvalue weighted by Gasteiger charge is -2.16. The number of benzene rings is 1. The first-order valence-corrected chi connectivity index (χ1v) is 5.25. The van der Waals surface area contributed by atoms with E-state index in [9.17, 15) is 0 Å². The van der Waals surface area contributed by atoms with Crippen LogP contribution in [0.3, 0.4) is 0 Å². The Morgan fingerprint density at radius 3 is 2.43 bits per heavy atom. The van der Waals surface area contributed by atoms with Crippen LogP contribution in [-0.2, 0) is 6.42 Å². The lowest BCUT2D eigenvalue weighted by molar-refractivity contribution is 0.334. The number of rotatable bonds is 4. The van der Waals surface area contributed by atoms with Gasteiger partial charge in [-0.1, -0.05) is 39.0 Å². The monoisotopic (exact) mass is 191 g/mol. The Kier molecular flexibility index (Phi) is 3.99. The molecule has 77 valence electrons. The first-order chi connectivity index (χ1) is 6.70. The fourth-order valence-electron chi connectivity index (χ4n) is 1.57. The van der Waals surface area contributed by atoms with Crippen LogP contribution in [0.15, 0.2) is 18.2 Å². The summed E-state index contributed by atoms with van der Waals surface area (Å²) in [5, 5.41) is 0. The summed E-state index contributed by atoms with van der Waals surface area (Å²) in [4.78, 5) is 0. The molecule has 1 rings (SSSR count). The summed E-state index contributed by atoms with van der Waals surface area (Å²) in [5.41, 5.74) is 2.54. The molecule has 1 aromatic rings. The molecule has 0 aromatic heterocycles. The number of ether oxygens (including phenoxy) is 1. The summed E-state index contributed by atoms with van der Waals surface area (Å²) in [6.07, 6.45) is 1.02. The van der Waals surface area contributed by atoms with Crippen molar-refractivity contribution in [2.45, 2.75) is 34.1 Å². The molecule has 0 heterocycles.